The van der Waals surface area contributed by atoms with Gasteiger partial charge in [0.05, 0.1) is 5.57 Å². The van der Waals surface area contributed by atoms with Crippen LogP contribution in [0, 0.1) is 0 Å². The smallest absolute Gasteiger partial charge is 0.334 e. The number of hydrogen-bond acceptors (Lipinski definition) is 3. The molecule has 4 nitrogen and oxygen atoms in total. The van der Waals surface area contributed by atoms with Crippen LogP contribution in [0.4, 0.5) is 0 Å². The maximum Gasteiger partial charge on any atom is 0.334 e. The number of aliphatic hydroxyl groups is 2. The highest BCUT2D eigenvalue weighted by Crippen LogP contribution is 2.27. The van der Waals surface area contributed by atoms with Crippen LogP contribution < -0.4 is 0 Å². The summed E-state index contributed by atoms with van der Waals surface area (Å²) in [6.45, 7) is 2.95. The summed E-state index contributed by atoms with van der Waals surface area (Å²) in [5, 5.41) is 27.8. The minimum absolute atomic E-state index is 0.146. The fourth-order valence-electron chi connectivity index (χ4n) is 1.27. The number of carboxylic acids is 1. The molecule has 1 aliphatic rings. The van der Waals surface area contributed by atoms with Gasteiger partial charge in [-0.3, -0.25) is 0 Å². The Morgan fingerprint density at radius 2 is 2.15 bits per heavy atom. The summed E-state index contributed by atoms with van der Waals surface area (Å²) in [6.07, 6.45) is 1.52. The summed E-state index contributed by atoms with van der Waals surface area (Å²) in [5.41, 5.74) is -1.17. The highest BCUT2D eigenvalue weighted by molar-refractivity contribution is 5.90. The molecule has 0 heterocycles. The van der Waals surface area contributed by atoms with Gasteiger partial charge in [0.25, 0.3) is 0 Å². The molecule has 0 fully saturated rings. The number of aliphatic carboxylic acids is 1. The van der Waals surface area contributed by atoms with Crippen LogP contribution in [0.1, 0.15) is 13.8 Å². The van der Waals surface area contributed by atoms with Crippen molar-refractivity contribution in [3.8, 4) is 0 Å². The Balaban J connectivity index is 3.16. The average molecular weight is 184 g/mol. The second kappa shape index (κ2) is 2.97. The Morgan fingerprint density at radius 1 is 1.62 bits per heavy atom. The number of rotatable bonds is 1. The van der Waals surface area contributed by atoms with Crippen LogP contribution in [0.15, 0.2) is 23.3 Å². The molecular formula is C9H12O4. The third-order valence-electron chi connectivity index (χ3n) is 2.15. The van der Waals surface area contributed by atoms with Gasteiger partial charge >= 0.3 is 5.97 Å². The van der Waals surface area contributed by atoms with Crippen molar-refractivity contribution in [3.05, 3.63) is 23.3 Å². The molecular weight excluding hydrogens is 172 g/mol. The highest BCUT2D eigenvalue weighted by atomic mass is 16.4. The molecule has 72 valence electrons. The molecule has 0 bridgehead atoms. The minimum atomic E-state index is -1.49. The second-order valence-corrected chi connectivity index (χ2v) is 3.36. The number of allylic oxidation sites excluding steroid dienone is 2. The van der Waals surface area contributed by atoms with Crippen molar-refractivity contribution < 1.29 is 20.1 Å². The molecule has 2 atom stereocenters. The van der Waals surface area contributed by atoms with Gasteiger partial charge in [-0.1, -0.05) is 12.2 Å². The van der Waals surface area contributed by atoms with E-state index < -0.39 is 17.7 Å². The van der Waals surface area contributed by atoms with E-state index in [9.17, 15) is 15.0 Å². The topological polar surface area (TPSA) is 77.8 Å². The first-order valence-corrected chi connectivity index (χ1v) is 3.90. The zero-order valence-corrected chi connectivity index (χ0v) is 7.48. The molecule has 0 aromatic heterocycles. The van der Waals surface area contributed by atoms with Crippen molar-refractivity contribution in [1.29, 1.82) is 0 Å². The third-order valence-corrected chi connectivity index (χ3v) is 2.15. The first kappa shape index (κ1) is 9.95. The predicted molar refractivity (Wildman–Crippen MR) is 46.1 cm³/mol. The first-order chi connectivity index (χ1) is 5.86. The summed E-state index contributed by atoms with van der Waals surface area (Å²) < 4.78 is 0. The van der Waals surface area contributed by atoms with Crippen molar-refractivity contribution in [2.24, 2.45) is 0 Å². The van der Waals surface area contributed by atoms with E-state index in [4.69, 9.17) is 5.11 Å². The van der Waals surface area contributed by atoms with Crippen LogP contribution in [0.5, 0.6) is 0 Å². The van der Waals surface area contributed by atoms with Crippen molar-refractivity contribution >= 4 is 5.97 Å². The molecule has 0 aromatic rings. The fourth-order valence-corrected chi connectivity index (χ4v) is 1.27. The molecule has 0 radical (unpaired) electrons. The van der Waals surface area contributed by atoms with Gasteiger partial charge in [-0.05, 0) is 19.4 Å². The number of carboxylic acid groups (broad SMARTS) is 1. The van der Waals surface area contributed by atoms with Crippen molar-refractivity contribution in [3.63, 3.8) is 0 Å². The Bertz CT molecular complexity index is 299. The molecule has 2 unspecified atom stereocenters. The lowest BCUT2D eigenvalue weighted by atomic mass is 9.85. The van der Waals surface area contributed by atoms with Crippen LogP contribution in [0.3, 0.4) is 0 Å². The average Bonchev–Trinajstić information content (AvgIpc) is 1.98. The molecule has 1 aliphatic carbocycles. The van der Waals surface area contributed by atoms with Gasteiger partial charge in [-0.25, -0.2) is 4.79 Å². The Kier molecular flexibility index (Phi) is 2.28. The van der Waals surface area contributed by atoms with Gasteiger partial charge in [0.2, 0.25) is 0 Å². The zero-order valence-electron chi connectivity index (χ0n) is 7.48. The summed E-state index contributed by atoms with van der Waals surface area (Å²) in [6, 6.07) is 0. The maximum absolute atomic E-state index is 10.7. The van der Waals surface area contributed by atoms with E-state index in [1.54, 1.807) is 6.92 Å². The van der Waals surface area contributed by atoms with E-state index in [2.05, 4.69) is 0 Å². The van der Waals surface area contributed by atoms with Gasteiger partial charge in [-0.2, -0.15) is 0 Å². The summed E-state index contributed by atoms with van der Waals surface area (Å²) in [5.74, 6) is -1.20. The molecule has 0 amide bonds. The number of hydrogen-bond donors (Lipinski definition) is 3. The summed E-state index contributed by atoms with van der Waals surface area (Å²) >= 11 is 0. The van der Waals surface area contributed by atoms with Crippen LogP contribution in [0.25, 0.3) is 0 Å². The van der Waals surface area contributed by atoms with E-state index in [1.807, 2.05) is 0 Å². The highest BCUT2D eigenvalue weighted by Gasteiger charge is 2.37. The number of aliphatic hydroxyl groups excluding tert-OH is 1. The van der Waals surface area contributed by atoms with Crippen LogP contribution in [0.2, 0.25) is 0 Å². The number of carbonyl (C=O) groups is 1. The Hall–Kier alpha value is -1.13. The van der Waals surface area contributed by atoms with Gasteiger partial charge in [0.15, 0.2) is 0 Å². The molecule has 0 aliphatic heterocycles. The Morgan fingerprint density at radius 3 is 2.54 bits per heavy atom. The normalized spacial score (nSPS) is 33.7. The lowest BCUT2D eigenvalue weighted by Crippen LogP contribution is -2.42. The molecule has 4 heteroatoms. The second-order valence-electron chi connectivity index (χ2n) is 3.36. The van der Waals surface area contributed by atoms with Gasteiger partial charge in [0.1, 0.15) is 11.7 Å². The van der Waals surface area contributed by atoms with Crippen LogP contribution >= 0.6 is 0 Å². The molecule has 0 spiro atoms. The molecule has 0 aromatic carbocycles. The fraction of sp³-hybridized carbons (Fsp3) is 0.444. The minimum Gasteiger partial charge on any atom is -0.478 e. The largest absolute Gasteiger partial charge is 0.478 e. The van der Waals surface area contributed by atoms with Crippen LogP contribution in [-0.2, 0) is 4.79 Å². The maximum atomic E-state index is 10.7. The van der Waals surface area contributed by atoms with E-state index in [0.29, 0.717) is 5.57 Å². The van der Waals surface area contributed by atoms with E-state index in [1.165, 1.54) is 19.1 Å². The first-order valence-electron chi connectivity index (χ1n) is 3.90. The molecule has 1 rings (SSSR count). The van der Waals surface area contributed by atoms with Crippen molar-refractivity contribution in [2.75, 3.05) is 0 Å². The SMILES string of the molecule is CC1=C(C(=O)O)C(O)C(C)(O)C=C1. The lowest BCUT2D eigenvalue weighted by molar-refractivity contribution is -0.135. The third kappa shape index (κ3) is 1.64. The van der Waals surface area contributed by atoms with E-state index in [-0.39, 0.29) is 5.57 Å². The molecule has 0 saturated carbocycles. The van der Waals surface area contributed by atoms with Gasteiger partial charge < -0.3 is 15.3 Å². The standard InChI is InChI=1S/C9H12O4/c1-5-3-4-9(2,13)7(10)6(5)8(11)12/h3-4,7,10,13H,1-2H3,(H,11,12). The summed E-state index contributed by atoms with van der Waals surface area (Å²) in [4.78, 5) is 10.7. The van der Waals surface area contributed by atoms with Crippen molar-refractivity contribution in [1.82, 2.24) is 0 Å². The Labute approximate surface area is 75.8 Å². The zero-order chi connectivity index (χ0) is 10.2. The van der Waals surface area contributed by atoms with E-state index in [0.717, 1.165) is 0 Å². The van der Waals surface area contributed by atoms with Gasteiger partial charge in [0, 0.05) is 0 Å². The monoisotopic (exact) mass is 184 g/mol. The molecule has 0 saturated heterocycles. The molecule has 3 N–H and O–H groups in total. The quantitative estimate of drug-likeness (QED) is 0.539. The van der Waals surface area contributed by atoms with Crippen LogP contribution in [-0.4, -0.2) is 33.0 Å². The van der Waals surface area contributed by atoms with E-state index >= 15 is 0 Å². The predicted octanol–water partition coefficient (Wildman–Crippen LogP) is 0.0692. The molecule has 13 heavy (non-hydrogen) atoms. The summed E-state index contributed by atoms with van der Waals surface area (Å²) in [7, 11) is 0. The lowest BCUT2D eigenvalue weighted by Gasteiger charge is -2.30. The van der Waals surface area contributed by atoms with Gasteiger partial charge in [-0.15, -0.1) is 0 Å². The van der Waals surface area contributed by atoms with Crippen molar-refractivity contribution in [2.45, 2.75) is 25.6 Å².